The molecule has 1 fully saturated rings. The summed E-state index contributed by atoms with van der Waals surface area (Å²) in [7, 11) is 1.64. The van der Waals surface area contributed by atoms with E-state index in [0.29, 0.717) is 26.1 Å². The van der Waals surface area contributed by atoms with E-state index in [-0.39, 0.29) is 23.7 Å². The van der Waals surface area contributed by atoms with Gasteiger partial charge in [-0.1, -0.05) is 42.5 Å². The highest BCUT2D eigenvalue weighted by molar-refractivity contribution is 5.92. The average molecular weight is 380 g/mol. The highest BCUT2D eigenvalue weighted by Crippen LogP contribution is 2.40. The van der Waals surface area contributed by atoms with Gasteiger partial charge in [-0.05, 0) is 43.0 Å². The minimum atomic E-state index is -0.192. The van der Waals surface area contributed by atoms with Gasteiger partial charge in [0.1, 0.15) is 5.75 Å². The van der Waals surface area contributed by atoms with Gasteiger partial charge in [0, 0.05) is 19.6 Å². The summed E-state index contributed by atoms with van der Waals surface area (Å²) in [6, 6.07) is 17.8. The summed E-state index contributed by atoms with van der Waals surface area (Å²) in [5, 5.41) is 2.97. The first-order valence-corrected chi connectivity index (χ1v) is 9.85. The second-order valence-electron chi connectivity index (χ2n) is 7.18. The molecule has 148 valence electrons. The zero-order valence-corrected chi connectivity index (χ0v) is 16.6. The van der Waals surface area contributed by atoms with E-state index in [1.165, 1.54) is 0 Å². The molecule has 0 aromatic heterocycles. The Kier molecular flexibility index (Phi) is 6.69. The van der Waals surface area contributed by atoms with Crippen molar-refractivity contribution in [3.8, 4) is 5.75 Å². The molecular formula is C23H28N2O3. The van der Waals surface area contributed by atoms with Gasteiger partial charge in [-0.3, -0.25) is 9.59 Å². The Hall–Kier alpha value is -2.82. The predicted molar refractivity (Wildman–Crippen MR) is 109 cm³/mol. The molecule has 1 aliphatic rings. The standard InChI is InChI=1S/C23H28N2O3/c1-3-25(16-18-8-5-4-6-9-18)23(27)21-15-20(21)22(26)24-13-12-17-10-7-11-19(14-17)28-2/h4-11,14,20-21H,3,12-13,15-16H2,1-2H3,(H,24,26). The monoisotopic (exact) mass is 380 g/mol. The summed E-state index contributed by atoms with van der Waals surface area (Å²) in [5.74, 6) is 0.508. The zero-order valence-electron chi connectivity index (χ0n) is 16.6. The molecule has 0 radical (unpaired) electrons. The van der Waals surface area contributed by atoms with Crippen LogP contribution in [-0.2, 0) is 22.6 Å². The Balaban J connectivity index is 1.45. The maximum Gasteiger partial charge on any atom is 0.226 e. The molecule has 2 aromatic carbocycles. The number of ether oxygens (including phenoxy) is 1. The van der Waals surface area contributed by atoms with Crippen molar-refractivity contribution in [2.45, 2.75) is 26.3 Å². The summed E-state index contributed by atoms with van der Waals surface area (Å²) in [4.78, 5) is 27.0. The molecule has 2 atom stereocenters. The van der Waals surface area contributed by atoms with Crippen LogP contribution in [-0.4, -0.2) is 36.9 Å². The average Bonchev–Trinajstić information content (AvgIpc) is 3.53. The van der Waals surface area contributed by atoms with Crippen molar-refractivity contribution < 1.29 is 14.3 Å². The van der Waals surface area contributed by atoms with Gasteiger partial charge in [-0.25, -0.2) is 0 Å². The first-order chi connectivity index (χ1) is 13.6. The fourth-order valence-corrected chi connectivity index (χ4v) is 3.43. The molecule has 5 nitrogen and oxygen atoms in total. The molecule has 1 aliphatic carbocycles. The molecule has 1 saturated carbocycles. The fraction of sp³-hybridized carbons (Fsp3) is 0.391. The highest BCUT2D eigenvalue weighted by Gasteiger charge is 2.49. The number of benzene rings is 2. The third-order valence-corrected chi connectivity index (χ3v) is 5.20. The first-order valence-electron chi connectivity index (χ1n) is 9.85. The van der Waals surface area contributed by atoms with Crippen molar-refractivity contribution in [2.24, 2.45) is 11.8 Å². The van der Waals surface area contributed by atoms with Crippen LogP contribution in [0.15, 0.2) is 54.6 Å². The Labute approximate surface area is 166 Å². The maximum absolute atomic E-state index is 12.8. The van der Waals surface area contributed by atoms with E-state index in [1.54, 1.807) is 7.11 Å². The first kappa shape index (κ1) is 19.9. The molecule has 28 heavy (non-hydrogen) atoms. The number of amides is 2. The van der Waals surface area contributed by atoms with Gasteiger partial charge in [0.15, 0.2) is 0 Å². The van der Waals surface area contributed by atoms with Crippen LogP contribution < -0.4 is 10.1 Å². The molecule has 3 rings (SSSR count). The Morgan fingerprint density at radius 2 is 1.82 bits per heavy atom. The van der Waals surface area contributed by atoms with Crippen LogP contribution >= 0.6 is 0 Å². The number of nitrogens with one attached hydrogen (secondary N) is 1. The molecule has 2 unspecified atom stereocenters. The van der Waals surface area contributed by atoms with Crippen LogP contribution in [0.25, 0.3) is 0 Å². The topological polar surface area (TPSA) is 58.6 Å². The van der Waals surface area contributed by atoms with E-state index < -0.39 is 0 Å². The van der Waals surface area contributed by atoms with Crippen LogP contribution in [0.4, 0.5) is 0 Å². The minimum Gasteiger partial charge on any atom is -0.497 e. The van der Waals surface area contributed by atoms with Gasteiger partial charge in [-0.15, -0.1) is 0 Å². The lowest BCUT2D eigenvalue weighted by Gasteiger charge is -2.21. The Bertz CT molecular complexity index is 807. The van der Waals surface area contributed by atoms with Gasteiger partial charge in [0.25, 0.3) is 0 Å². The van der Waals surface area contributed by atoms with Crippen LogP contribution in [0.5, 0.6) is 5.75 Å². The van der Waals surface area contributed by atoms with Crippen molar-refractivity contribution in [3.05, 3.63) is 65.7 Å². The number of rotatable bonds is 9. The van der Waals surface area contributed by atoms with Crippen LogP contribution in [0.2, 0.25) is 0 Å². The largest absolute Gasteiger partial charge is 0.497 e. The summed E-state index contributed by atoms with van der Waals surface area (Å²) >= 11 is 0. The second-order valence-corrected chi connectivity index (χ2v) is 7.18. The lowest BCUT2D eigenvalue weighted by molar-refractivity contribution is -0.135. The van der Waals surface area contributed by atoms with Gasteiger partial charge in [-0.2, -0.15) is 0 Å². The number of hydrogen-bond donors (Lipinski definition) is 1. The SMILES string of the molecule is CCN(Cc1ccccc1)C(=O)C1CC1C(=O)NCCc1cccc(OC)c1. The normalized spacial score (nSPS) is 17.6. The van der Waals surface area contributed by atoms with Crippen LogP contribution in [0, 0.1) is 11.8 Å². The molecule has 2 aromatic rings. The number of nitrogens with zero attached hydrogens (tertiary/aromatic N) is 1. The van der Waals surface area contributed by atoms with Gasteiger partial charge < -0.3 is 15.0 Å². The summed E-state index contributed by atoms with van der Waals surface area (Å²) in [5.41, 5.74) is 2.22. The van der Waals surface area contributed by atoms with Crippen LogP contribution in [0.3, 0.4) is 0 Å². The van der Waals surface area contributed by atoms with Crippen molar-refractivity contribution in [3.63, 3.8) is 0 Å². The Morgan fingerprint density at radius 1 is 1.07 bits per heavy atom. The van der Waals surface area contributed by atoms with E-state index in [2.05, 4.69) is 5.32 Å². The third kappa shape index (κ3) is 5.12. The van der Waals surface area contributed by atoms with Crippen LogP contribution in [0.1, 0.15) is 24.5 Å². The molecule has 5 heteroatoms. The second kappa shape index (κ2) is 9.40. The van der Waals surface area contributed by atoms with Crippen molar-refractivity contribution >= 4 is 11.8 Å². The van der Waals surface area contributed by atoms with Gasteiger partial charge >= 0.3 is 0 Å². The lowest BCUT2D eigenvalue weighted by Crippen LogP contribution is -2.34. The van der Waals surface area contributed by atoms with E-state index in [1.807, 2.05) is 66.4 Å². The lowest BCUT2D eigenvalue weighted by atomic mass is 10.1. The predicted octanol–water partition coefficient (Wildman–Crippen LogP) is 3.04. The molecular weight excluding hydrogens is 352 g/mol. The summed E-state index contributed by atoms with van der Waals surface area (Å²) in [6.07, 6.45) is 1.39. The third-order valence-electron chi connectivity index (χ3n) is 5.20. The van der Waals surface area contributed by atoms with E-state index in [9.17, 15) is 9.59 Å². The number of hydrogen-bond acceptors (Lipinski definition) is 3. The molecule has 0 bridgehead atoms. The van der Waals surface area contributed by atoms with Gasteiger partial charge in [0.2, 0.25) is 11.8 Å². The van der Waals surface area contributed by atoms with Crippen molar-refractivity contribution in [1.82, 2.24) is 10.2 Å². The zero-order chi connectivity index (χ0) is 19.9. The smallest absolute Gasteiger partial charge is 0.226 e. The minimum absolute atomic E-state index is 0.0167. The quantitative estimate of drug-likeness (QED) is 0.727. The van der Waals surface area contributed by atoms with E-state index in [0.717, 1.165) is 23.3 Å². The molecule has 0 heterocycles. The van der Waals surface area contributed by atoms with Gasteiger partial charge in [0.05, 0.1) is 18.9 Å². The van der Waals surface area contributed by atoms with E-state index in [4.69, 9.17) is 4.74 Å². The van der Waals surface area contributed by atoms with Crippen molar-refractivity contribution in [2.75, 3.05) is 20.2 Å². The molecule has 1 N–H and O–H groups in total. The fourth-order valence-electron chi connectivity index (χ4n) is 3.43. The molecule has 0 spiro atoms. The summed E-state index contributed by atoms with van der Waals surface area (Å²) < 4.78 is 5.22. The van der Waals surface area contributed by atoms with Crippen molar-refractivity contribution in [1.29, 1.82) is 0 Å². The highest BCUT2D eigenvalue weighted by atomic mass is 16.5. The number of methoxy groups -OCH3 is 1. The summed E-state index contributed by atoms with van der Waals surface area (Å²) in [6.45, 7) is 3.78. The van der Waals surface area contributed by atoms with E-state index >= 15 is 0 Å². The Morgan fingerprint density at radius 3 is 2.54 bits per heavy atom. The number of carbonyl (C=O) groups excluding carboxylic acids is 2. The molecule has 0 aliphatic heterocycles. The number of carbonyl (C=O) groups is 2. The maximum atomic E-state index is 12.8. The molecule has 0 saturated heterocycles. The molecule has 2 amide bonds.